The Bertz CT molecular complexity index is 617. The van der Waals surface area contributed by atoms with Gasteiger partial charge in [0.1, 0.15) is 0 Å². The quantitative estimate of drug-likeness (QED) is 0.648. The number of hydrogen-bond donors (Lipinski definition) is 1. The van der Waals surface area contributed by atoms with Crippen molar-refractivity contribution >= 4 is 15.7 Å². The van der Waals surface area contributed by atoms with Crippen LogP contribution in [0.5, 0.6) is 0 Å². The SMILES string of the molecule is O=[N+]([O-])c1ccccc1CS(=O)(=O)N1CCCC(CO)C1. The zero-order chi connectivity index (χ0) is 15.5. The van der Waals surface area contributed by atoms with Gasteiger partial charge in [0.05, 0.1) is 10.7 Å². The summed E-state index contributed by atoms with van der Waals surface area (Å²) in [5.74, 6) is -0.443. The molecule has 0 spiro atoms. The number of nitro groups is 1. The van der Waals surface area contributed by atoms with Crippen LogP contribution in [0.4, 0.5) is 5.69 Å². The van der Waals surface area contributed by atoms with E-state index >= 15 is 0 Å². The summed E-state index contributed by atoms with van der Waals surface area (Å²) in [4.78, 5) is 10.4. The van der Waals surface area contributed by atoms with E-state index in [-0.39, 0.29) is 36.1 Å². The summed E-state index contributed by atoms with van der Waals surface area (Å²) in [5, 5.41) is 20.1. The number of benzene rings is 1. The number of piperidine rings is 1. The standard InChI is InChI=1S/C13H18N2O5S/c16-9-11-4-3-7-14(8-11)21(19,20)10-12-5-1-2-6-13(12)15(17)18/h1-2,5-6,11,16H,3-4,7-10H2. The van der Waals surface area contributed by atoms with Crippen molar-refractivity contribution in [2.24, 2.45) is 5.92 Å². The highest BCUT2D eigenvalue weighted by Gasteiger charge is 2.30. The average Bonchev–Trinajstić information content (AvgIpc) is 2.47. The van der Waals surface area contributed by atoms with Crippen LogP contribution >= 0.6 is 0 Å². The minimum absolute atomic E-state index is 0.0441. The van der Waals surface area contributed by atoms with E-state index in [4.69, 9.17) is 0 Å². The van der Waals surface area contributed by atoms with Crippen molar-refractivity contribution in [1.29, 1.82) is 0 Å². The molecule has 1 unspecified atom stereocenters. The molecule has 1 atom stereocenters. The lowest BCUT2D eigenvalue weighted by Crippen LogP contribution is -2.41. The Balaban J connectivity index is 2.20. The van der Waals surface area contributed by atoms with E-state index in [1.807, 2.05) is 0 Å². The maximum absolute atomic E-state index is 12.4. The molecule has 8 heteroatoms. The van der Waals surface area contributed by atoms with Gasteiger partial charge in [-0.3, -0.25) is 10.1 Å². The molecule has 1 aromatic carbocycles. The van der Waals surface area contributed by atoms with Crippen molar-refractivity contribution in [2.75, 3.05) is 19.7 Å². The molecule has 1 heterocycles. The van der Waals surface area contributed by atoms with E-state index in [2.05, 4.69) is 0 Å². The zero-order valence-corrected chi connectivity index (χ0v) is 12.3. The molecule has 2 rings (SSSR count). The second kappa shape index (κ2) is 6.50. The Labute approximate surface area is 123 Å². The summed E-state index contributed by atoms with van der Waals surface area (Å²) in [6.45, 7) is 0.635. The van der Waals surface area contributed by atoms with E-state index in [0.29, 0.717) is 13.0 Å². The van der Waals surface area contributed by atoms with Crippen LogP contribution in [0.15, 0.2) is 24.3 Å². The van der Waals surface area contributed by atoms with Crippen LogP contribution in [0, 0.1) is 16.0 Å². The van der Waals surface area contributed by atoms with E-state index < -0.39 is 14.9 Å². The first-order chi connectivity index (χ1) is 9.94. The molecule has 1 N–H and O–H groups in total. The molecule has 1 aliphatic heterocycles. The van der Waals surface area contributed by atoms with Gasteiger partial charge in [-0.25, -0.2) is 12.7 Å². The van der Waals surface area contributed by atoms with Crippen LogP contribution < -0.4 is 0 Å². The first-order valence-corrected chi connectivity index (χ1v) is 8.36. The molecule has 1 fully saturated rings. The molecule has 0 aromatic heterocycles. The predicted octanol–water partition coefficient (Wildman–Crippen LogP) is 1.13. The number of hydrogen-bond acceptors (Lipinski definition) is 5. The number of aliphatic hydroxyl groups is 1. The third kappa shape index (κ3) is 3.78. The van der Waals surface area contributed by atoms with Crippen LogP contribution in [0.3, 0.4) is 0 Å². The van der Waals surface area contributed by atoms with Crippen molar-refractivity contribution in [2.45, 2.75) is 18.6 Å². The van der Waals surface area contributed by atoms with Crippen LogP contribution in [0.25, 0.3) is 0 Å². The molecule has 0 amide bonds. The molecular weight excluding hydrogens is 296 g/mol. The predicted molar refractivity (Wildman–Crippen MR) is 77.1 cm³/mol. The minimum atomic E-state index is -3.62. The molecule has 21 heavy (non-hydrogen) atoms. The van der Waals surface area contributed by atoms with Crippen LogP contribution in [-0.4, -0.2) is 42.4 Å². The van der Waals surface area contributed by atoms with Crippen LogP contribution in [0.1, 0.15) is 18.4 Å². The molecule has 0 saturated carbocycles. The maximum Gasteiger partial charge on any atom is 0.273 e. The number of nitrogens with zero attached hydrogens (tertiary/aromatic N) is 2. The monoisotopic (exact) mass is 314 g/mol. The summed E-state index contributed by atoms with van der Waals surface area (Å²) in [6, 6.07) is 5.86. The Kier molecular flexibility index (Phi) is 4.92. The summed E-state index contributed by atoms with van der Waals surface area (Å²) in [6.07, 6.45) is 1.50. The minimum Gasteiger partial charge on any atom is -0.396 e. The number of aliphatic hydroxyl groups excluding tert-OH is 1. The molecule has 0 aliphatic carbocycles. The fraction of sp³-hybridized carbons (Fsp3) is 0.538. The van der Waals surface area contributed by atoms with E-state index in [1.165, 1.54) is 22.5 Å². The Morgan fingerprint density at radius 2 is 2.10 bits per heavy atom. The molecule has 116 valence electrons. The Morgan fingerprint density at radius 3 is 2.76 bits per heavy atom. The third-order valence-electron chi connectivity index (χ3n) is 3.66. The normalized spacial score (nSPS) is 20.3. The summed E-state index contributed by atoms with van der Waals surface area (Å²) in [7, 11) is -3.62. The van der Waals surface area contributed by atoms with Gasteiger partial charge >= 0.3 is 0 Å². The van der Waals surface area contributed by atoms with Crippen molar-refractivity contribution in [3.8, 4) is 0 Å². The van der Waals surface area contributed by atoms with E-state index in [9.17, 15) is 23.6 Å². The van der Waals surface area contributed by atoms with Gasteiger partial charge in [0.15, 0.2) is 0 Å². The first kappa shape index (κ1) is 15.9. The van der Waals surface area contributed by atoms with E-state index in [1.54, 1.807) is 6.07 Å². The molecular formula is C13H18N2O5S. The van der Waals surface area contributed by atoms with E-state index in [0.717, 1.165) is 6.42 Å². The third-order valence-corrected chi connectivity index (χ3v) is 5.45. The highest BCUT2D eigenvalue weighted by molar-refractivity contribution is 7.88. The average molecular weight is 314 g/mol. The Hall–Kier alpha value is -1.51. The molecule has 0 bridgehead atoms. The molecule has 7 nitrogen and oxygen atoms in total. The van der Waals surface area contributed by atoms with Gasteiger partial charge in [0.2, 0.25) is 10.0 Å². The topological polar surface area (TPSA) is 101 Å². The van der Waals surface area contributed by atoms with Gasteiger partial charge in [-0.1, -0.05) is 18.2 Å². The highest BCUT2D eigenvalue weighted by Crippen LogP contribution is 2.24. The first-order valence-electron chi connectivity index (χ1n) is 6.75. The number of sulfonamides is 1. The molecule has 1 saturated heterocycles. The number of para-hydroxylation sites is 1. The molecule has 1 aliphatic rings. The van der Waals surface area contributed by atoms with Crippen molar-refractivity contribution in [3.63, 3.8) is 0 Å². The van der Waals surface area contributed by atoms with Crippen LogP contribution in [0.2, 0.25) is 0 Å². The lowest BCUT2D eigenvalue weighted by molar-refractivity contribution is -0.385. The smallest absolute Gasteiger partial charge is 0.273 e. The number of nitro benzene ring substituents is 1. The van der Waals surface area contributed by atoms with Gasteiger partial charge in [-0.2, -0.15) is 0 Å². The van der Waals surface area contributed by atoms with Gasteiger partial charge in [-0.15, -0.1) is 0 Å². The maximum atomic E-state index is 12.4. The number of rotatable bonds is 5. The summed E-state index contributed by atoms with van der Waals surface area (Å²) < 4.78 is 26.2. The summed E-state index contributed by atoms with van der Waals surface area (Å²) in [5.41, 5.74) is 0.00501. The van der Waals surface area contributed by atoms with Gasteiger partial charge in [0, 0.05) is 31.3 Å². The van der Waals surface area contributed by atoms with Crippen molar-refractivity contribution in [1.82, 2.24) is 4.31 Å². The van der Waals surface area contributed by atoms with Gasteiger partial charge in [-0.05, 0) is 18.8 Å². The van der Waals surface area contributed by atoms with Crippen molar-refractivity contribution in [3.05, 3.63) is 39.9 Å². The lowest BCUT2D eigenvalue weighted by Gasteiger charge is -2.30. The van der Waals surface area contributed by atoms with Crippen molar-refractivity contribution < 1.29 is 18.4 Å². The van der Waals surface area contributed by atoms with Gasteiger partial charge < -0.3 is 5.11 Å². The zero-order valence-electron chi connectivity index (χ0n) is 11.5. The largest absolute Gasteiger partial charge is 0.396 e. The van der Waals surface area contributed by atoms with Gasteiger partial charge in [0.25, 0.3) is 5.69 Å². The lowest BCUT2D eigenvalue weighted by atomic mass is 10.0. The molecule has 0 radical (unpaired) electrons. The van der Waals surface area contributed by atoms with Crippen LogP contribution in [-0.2, 0) is 15.8 Å². The highest BCUT2D eigenvalue weighted by atomic mass is 32.2. The second-order valence-corrected chi connectivity index (χ2v) is 7.16. The summed E-state index contributed by atoms with van der Waals surface area (Å²) >= 11 is 0. The second-order valence-electron chi connectivity index (χ2n) is 5.19. The fourth-order valence-electron chi connectivity index (χ4n) is 2.53. The fourth-order valence-corrected chi connectivity index (χ4v) is 4.19. The molecule has 1 aromatic rings. The Morgan fingerprint density at radius 1 is 1.38 bits per heavy atom.